The normalized spacial score (nSPS) is 42.8. The number of carbonyl (C=O) groups excluding carboxylic acids is 1. The van der Waals surface area contributed by atoms with Crippen LogP contribution in [-0.4, -0.2) is 17.0 Å². The van der Waals surface area contributed by atoms with Crippen LogP contribution in [0.2, 0.25) is 0 Å². The van der Waals surface area contributed by atoms with Gasteiger partial charge in [0.05, 0.1) is 6.10 Å². The van der Waals surface area contributed by atoms with Gasteiger partial charge in [-0.15, -0.1) is 0 Å². The number of ketones is 1. The molecule has 2 heteroatoms. The van der Waals surface area contributed by atoms with Crippen LogP contribution in [0.1, 0.15) is 46.5 Å². The van der Waals surface area contributed by atoms with Gasteiger partial charge in [0.15, 0.2) is 0 Å². The van der Waals surface area contributed by atoms with E-state index < -0.39 is 0 Å². The smallest absolute Gasteiger partial charge is 0.139 e. The molecule has 0 aliphatic heterocycles. The Kier molecular flexibility index (Phi) is 3.19. The Labute approximate surface area is 104 Å². The Hall–Kier alpha value is -0.630. The molecule has 2 aliphatic carbocycles. The van der Waals surface area contributed by atoms with Gasteiger partial charge in [-0.25, -0.2) is 0 Å². The summed E-state index contributed by atoms with van der Waals surface area (Å²) >= 11 is 0. The minimum Gasteiger partial charge on any atom is -0.392 e. The van der Waals surface area contributed by atoms with E-state index in [9.17, 15) is 9.90 Å². The van der Waals surface area contributed by atoms with E-state index >= 15 is 0 Å². The van der Waals surface area contributed by atoms with Crippen LogP contribution in [0.25, 0.3) is 0 Å². The predicted molar refractivity (Wildman–Crippen MR) is 68.5 cm³/mol. The molecule has 2 rings (SSSR count). The first kappa shape index (κ1) is 12.8. The van der Waals surface area contributed by atoms with Gasteiger partial charge in [-0.3, -0.25) is 4.79 Å². The average molecular weight is 236 g/mol. The van der Waals surface area contributed by atoms with Crippen molar-refractivity contribution >= 4 is 5.78 Å². The number of hydrogen-bond acceptors (Lipinski definition) is 2. The summed E-state index contributed by atoms with van der Waals surface area (Å²) in [7, 11) is 0. The molecule has 2 nitrogen and oxygen atoms in total. The molecule has 0 aromatic heterocycles. The fourth-order valence-corrected chi connectivity index (χ4v) is 3.86. The summed E-state index contributed by atoms with van der Waals surface area (Å²) in [5.41, 5.74) is 0.741. The molecular weight excluding hydrogens is 212 g/mol. The van der Waals surface area contributed by atoms with Crippen molar-refractivity contribution in [3.63, 3.8) is 0 Å². The zero-order chi connectivity index (χ0) is 12.8. The second kappa shape index (κ2) is 4.24. The minimum absolute atomic E-state index is 0.00935. The molecule has 2 fully saturated rings. The maximum absolute atomic E-state index is 12.2. The Morgan fingerprint density at radius 1 is 1.41 bits per heavy atom. The fraction of sp³-hybridized carbons (Fsp3) is 0.800. The van der Waals surface area contributed by atoms with Crippen LogP contribution in [0.3, 0.4) is 0 Å². The summed E-state index contributed by atoms with van der Waals surface area (Å²) in [5, 5.41) is 10.6. The first-order valence-corrected chi connectivity index (χ1v) is 6.77. The average Bonchev–Trinajstić information content (AvgIpc) is 2.23. The summed E-state index contributed by atoms with van der Waals surface area (Å²) in [4.78, 5) is 12.2. The quantitative estimate of drug-likeness (QED) is 0.711. The maximum Gasteiger partial charge on any atom is 0.139 e. The van der Waals surface area contributed by atoms with Gasteiger partial charge in [0.1, 0.15) is 5.78 Å². The molecule has 0 unspecified atom stereocenters. The van der Waals surface area contributed by atoms with Crippen molar-refractivity contribution in [1.82, 2.24) is 0 Å². The summed E-state index contributed by atoms with van der Waals surface area (Å²) in [5.74, 6) is 1.11. The second-order valence-electron chi connectivity index (χ2n) is 6.41. The zero-order valence-electron chi connectivity index (χ0n) is 11.2. The third-order valence-corrected chi connectivity index (χ3v) is 5.07. The van der Waals surface area contributed by atoms with Gasteiger partial charge in [-0.05, 0) is 31.1 Å². The molecule has 0 radical (unpaired) electrons. The number of aliphatic hydroxyl groups excluding tert-OH is 1. The number of carbonyl (C=O) groups is 1. The van der Waals surface area contributed by atoms with E-state index in [0.717, 1.165) is 24.8 Å². The van der Waals surface area contributed by atoms with Crippen LogP contribution in [0.5, 0.6) is 0 Å². The lowest BCUT2D eigenvalue weighted by molar-refractivity contribution is -0.143. The molecule has 17 heavy (non-hydrogen) atoms. The van der Waals surface area contributed by atoms with Gasteiger partial charge in [0.2, 0.25) is 0 Å². The lowest BCUT2D eigenvalue weighted by atomic mass is 9.54. The number of fused-ring (bicyclic) bond motifs is 1. The van der Waals surface area contributed by atoms with E-state index in [1.165, 1.54) is 0 Å². The molecule has 0 amide bonds. The number of Topliss-reactive ketones (excluding diaryl/α,β-unsaturated/α-hetero) is 1. The highest BCUT2D eigenvalue weighted by molar-refractivity contribution is 5.87. The first-order chi connectivity index (χ1) is 7.88. The van der Waals surface area contributed by atoms with E-state index in [-0.39, 0.29) is 17.4 Å². The largest absolute Gasteiger partial charge is 0.392 e. The standard InChI is InChI=1S/C15H24O2/c1-9(2)11-7-8-15(4)12(16)6-5-10(3)13(15)14(11)17/h9,11,13-14,17H,3,5-8H2,1-2,4H3/t11-,13+,14-,15-/m0/s1. The van der Waals surface area contributed by atoms with E-state index in [1.807, 2.05) is 6.92 Å². The van der Waals surface area contributed by atoms with Gasteiger partial charge >= 0.3 is 0 Å². The van der Waals surface area contributed by atoms with Crippen LogP contribution >= 0.6 is 0 Å². The Morgan fingerprint density at radius 3 is 2.65 bits per heavy atom. The van der Waals surface area contributed by atoms with Gasteiger partial charge in [0, 0.05) is 17.8 Å². The summed E-state index contributed by atoms with van der Waals surface area (Å²) in [6, 6.07) is 0. The predicted octanol–water partition coefficient (Wildman–Crippen LogP) is 2.95. The number of rotatable bonds is 1. The summed E-state index contributed by atoms with van der Waals surface area (Å²) in [6.07, 6.45) is 2.87. The molecule has 2 aliphatic rings. The van der Waals surface area contributed by atoms with E-state index in [2.05, 4.69) is 20.4 Å². The minimum atomic E-state index is -0.384. The monoisotopic (exact) mass is 236 g/mol. The molecule has 0 bridgehead atoms. The maximum atomic E-state index is 12.2. The third kappa shape index (κ3) is 1.87. The van der Waals surface area contributed by atoms with Crippen molar-refractivity contribution in [2.45, 2.75) is 52.6 Å². The topological polar surface area (TPSA) is 37.3 Å². The molecule has 0 saturated heterocycles. The SMILES string of the molecule is C=C1CCC(=O)[C@]2(C)CC[C@@H](C(C)C)[C@H](O)[C@@H]12. The van der Waals surface area contributed by atoms with Crippen molar-refractivity contribution in [2.75, 3.05) is 0 Å². The van der Waals surface area contributed by atoms with Crippen LogP contribution in [0.4, 0.5) is 0 Å². The lowest BCUT2D eigenvalue weighted by Gasteiger charge is -2.51. The number of aliphatic hydroxyl groups is 1. The van der Waals surface area contributed by atoms with Crippen LogP contribution in [-0.2, 0) is 4.79 Å². The lowest BCUT2D eigenvalue weighted by Crippen LogP contribution is -2.53. The molecule has 4 atom stereocenters. The van der Waals surface area contributed by atoms with Gasteiger partial charge in [-0.1, -0.05) is 32.9 Å². The van der Waals surface area contributed by atoms with Crippen LogP contribution in [0.15, 0.2) is 12.2 Å². The Morgan fingerprint density at radius 2 is 2.06 bits per heavy atom. The second-order valence-corrected chi connectivity index (χ2v) is 6.41. The molecule has 1 N–H and O–H groups in total. The Balaban J connectivity index is 2.32. The molecule has 0 aromatic carbocycles. The van der Waals surface area contributed by atoms with E-state index in [4.69, 9.17) is 0 Å². The summed E-state index contributed by atoms with van der Waals surface area (Å²) < 4.78 is 0. The highest BCUT2D eigenvalue weighted by atomic mass is 16.3. The van der Waals surface area contributed by atoms with Crippen LogP contribution in [0, 0.1) is 23.2 Å². The van der Waals surface area contributed by atoms with Crippen LogP contribution < -0.4 is 0 Å². The fourth-order valence-electron chi connectivity index (χ4n) is 3.86. The molecule has 0 spiro atoms. The molecule has 2 saturated carbocycles. The Bertz CT molecular complexity index is 345. The van der Waals surface area contributed by atoms with Crippen molar-refractivity contribution in [1.29, 1.82) is 0 Å². The highest BCUT2D eigenvalue weighted by Crippen LogP contribution is 2.52. The molecule has 0 aromatic rings. The highest BCUT2D eigenvalue weighted by Gasteiger charge is 2.53. The molecule has 96 valence electrons. The number of hydrogen-bond donors (Lipinski definition) is 1. The van der Waals surface area contributed by atoms with E-state index in [1.54, 1.807) is 0 Å². The molecular formula is C15H24O2. The van der Waals surface area contributed by atoms with Gasteiger partial charge < -0.3 is 5.11 Å². The summed E-state index contributed by atoms with van der Waals surface area (Å²) in [6.45, 7) is 10.5. The third-order valence-electron chi connectivity index (χ3n) is 5.07. The van der Waals surface area contributed by atoms with Gasteiger partial charge in [0.25, 0.3) is 0 Å². The van der Waals surface area contributed by atoms with Crippen molar-refractivity contribution in [3.8, 4) is 0 Å². The van der Waals surface area contributed by atoms with Crippen molar-refractivity contribution < 1.29 is 9.90 Å². The van der Waals surface area contributed by atoms with E-state index in [0.29, 0.717) is 24.0 Å². The zero-order valence-corrected chi connectivity index (χ0v) is 11.2. The molecule has 0 heterocycles. The van der Waals surface area contributed by atoms with Crippen molar-refractivity contribution in [2.24, 2.45) is 23.2 Å². The van der Waals surface area contributed by atoms with Crippen molar-refractivity contribution in [3.05, 3.63) is 12.2 Å². The van der Waals surface area contributed by atoms with Gasteiger partial charge in [-0.2, -0.15) is 0 Å². The first-order valence-electron chi connectivity index (χ1n) is 6.77.